The van der Waals surface area contributed by atoms with Crippen molar-refractivity contribution < 1.29 is 14.4 Å². The van der Waals surface area contributed by atoms with Gasteiger partial charge in [0.25, 0.3) is 11.8 Å². The lowest BCUT2D eigenvalue weighted by atomic mass is 9.89. The van der Waals surface area contributed by atoms with Gasteiger partial charge in [0.05, 0.1) is 11.6 Å². The number of hydrogen-bond donors (Lipinski definition) is 3. The molecule has 0 spiro atoms. The van der Waals surface area contributed by atoms with E-state index in [0.717, 1.165) is 42.2 Å². The predicted octanol–water partition coefficient (Wildman–Crippen LogP) is 3.01. The van der Waals surface area contributed by atoms with Crippen LogP contribution in [0.3, 0.4) is 0 Å². The number of carbonyl (C=O) groups excluding carboxylic acids is 3. The number of nitrogens with one attached hydrogen (secondary N) is 3. The molecular weight excluding hydrogens is 374 g/mol. The summed E-state index contributed by atoms with van der Waals surface area (Å²) in [5.41, 5.74) is 4.78. The van der Waals surface area contributed by atoms with Crippen LogP contribution in [0.5, 0.6) is 0 Å². The minimum atomic E-state index is -0.486. The second-order valence-electron chi connectivity index (χ2n) is 6.30. The number of fused-ring (bicyclic) bond motifs is 1. The Hall–Kier alpha value is -2.12. The van der Waals surface area contributed by atoms with Gasteiger partial charge < -0.3 is 5.32 Å². The van der Waals surface area contributed by atoms with E-state index >= 15 is 0 Å². The lowest BCUT2D eigenvalue weighted by Gasteiger charge is -2.20. The molecule has 138 valence electrons. The van der Waals surface area contributed by atoms with Gasteiger partial charge in [-0.05, 0) is 18.9 Å². The monoisotopic (exact) mass is 393 g/mol. The molecule has 3 N–H and O–H groups in total. The van der Waals surface area contributed by atoms with Gasteiger partial charge in [-0.2, -0.15) is 0 Å². The van der Waals surface area contributed by atoms with Crippen LogP contribution in [0.1, 0.15) is 41.8 Å². The van der Waals surface area contributed by atoms with Crippen molar-refractivity contribution in [3.05, 3.63) is 34.2 Å². The summed E-state index contributed by atoms with van der Waals surface area (Å²) in [4.78, 5) is 36.5. The highest BCUT2D eigenvalue weighted by molar-refractivity contribution is 7.21. The van der Waals surface area contributed by atoms with Gasteiger partial charge >= 0.3 is 0 Å². The summed E-state index contributed by atoms with van der Waals surface area (Å²) in [6.07, 6.45) is 4.93. The summed E-state index contributed by atoms with van der Waals surface area (Å²) in [5.74, 6) is -1.11. The van der Waals surface area contributed by atoms with Crippen LogP contribution in [0.4, 0.5) is 0 Å². The summed E-state index contributed by atoms with van der Waals surface area (Å²) in [6.45, 7) is -0.242. The lowest BCUT2D eigenvalue weighted by Crippen LogP contribution is -2.48. The first-order valence-corrected chi connectivity index (χ1v) is 9.79. The molecule has 26 heavy (non-hydrogen) atoms. The molecule has 3 rings (SSSR count). The molecule has 1 aliphatic rings. The maximum atomic E-state index is 12.3. The van der Waals surface area contributed by atoms with E-state index in [-0.39, 0.29) is 18.4 Å². The summed E-state index contributed by atoms with van der Waals surface area (Å²) < 4.78 is 0.909. The van der Waals surface area contributed by atoms with Crippen molar-refractivity contribution in [3.8, 4) is 0 Å². The number of rotatable bonds is 4. The molecule has 0 bridgehead atoms. The molecular formula is C18H20ClN3O3S. The van der Waals surface area contributed by atoms with Crippen molar-refractivity contribution in [3.63, 3.8) is 0 Å². The second-order valence-corrected chi connectivity index (χ2v) is 7.73. The van der Waals surface area contributed by atoms with Gasteiger partial charge in [0.15, 0.2) is 0 Å². The second kappa shape index (κ2) is 8.51. The van der Waals surface area contributed by atoms with Crippen LogP contribution >= 0.6 is 22.9 Å². The maximum absolute atomic E-state index is 12.3. The van der Waals surface area contributed by atoms with Gasteiger partial charge in [0, 0.05) is 16.0 Å². The van der Waals surface area contributed by atoms with Crippen molar-refractivity contribution in [1.82, 2.24) is 16.2 Å². The molecule has 0 unspecified atom stereocenters. The van der Waals surface area contributed by atoms with Crippen LogP contribution in [-0.4, -0.2) is 24.3 Å². The van der Waals surface area contributed by atoms with Crippen LogP contribution in [0.25, 0.3) is 10.1 Å². The third-order valence-electron chi connectivity index (χ3n) is 4.45. The first-order chi connectivity index (χ1) is 12.6. The summed E-state index contributed by atoms with van der Waals surface area (Å²) >= 11 is 7.52. The molecule has 3 amide bonds. The average molecular weight is 394 g/mol. The molecule has 8 heteroatoms. The SMILES string of the molecule is O=C(CNC(=O)c1sc2ccccc2c1Cl)NNC(=O)C1CCCCC1. The van der Waals surface area contributed by atoms with Gasteiger partial charge in [0.1, 0.15) is 4.88 Å². The van der Waals surface area contributed by atoms with E-state index in [4.69, 9.17) is 11.6 Å². The number of amides is 3. The van der Waals surface area contributed by atoms with E-state index in [2.05, 4.69) is 16.2 Å². The van der Waals surface area contributed by atoms with Gasteiger partial charge in [-0.1, -0.05) is 49.1 Å². The molecule has 6 nitrogen and oxygen atoms in total. The molecule has 1 saturated carbocycles. The van der Waals surface area contributed by atoms with Gasteiger partial charge in [-0.3, -0.25) is 25.2 Å². The molecule has 1 aromatic carbocycles. The Morgan fingerprint density at radius 3 is 2.54 bits per heavy atom. The molecule has 0 aliphatic heterocycles. The fraction of sp³-hybridized carbons (Fsp3) is 0.389. The number of benzene rings is 1. The summed E-state index contributed by atoms with van der Waals surface area (Å²) in [5, 5.41) is 3.72. The van der Waals surface area contributed by atoms with Crippen molar-refractivity contribution >= 4 is 50.7 Å². The highest BCUT2D eigenvalue weighted by Gasteiger charge is 2.21. The molecule has 1 aliphatic carbocycles. The zero-order chi connectivity index (χ0) is 18.5. The molecule has 1 fully saturated rings. The number of hydrazine groups is 1. The maximum Gasteiger partial charge on any atom is 0.263 e. The van der Waals surface area contributed by atoms with Crippen LogP contribution in [0, 0.1) is 5.92 Å². The van der Waals surface area contributed by atoms with Crippen LogP contribution in [0.2, 0.25) is 5.02 Å². The summed E-state index contributed by atoms with van der Waals surface area (Å²) in [7, 11) is 0. The third-order valence-corrected chi connectivity index (χ3v) is 6.13. The van der Waals surface area contributed by atoms with Crippen LogP contribution in [0.15, 0.2) is 24.3 Å². The molecule has 2 aromatic rings. The van der Waals surface area contributed by atoms with Gasteiger partial charge in [0.2, 0.25) is 5.91 Å². The minimum absolute atomic E-state index is 0.0454. The first kappa shape index (κ1) is 18.7. The first-order valence-electron chi connectivity index (χ1n) is 8.60. The van der Waals surface area contributed by atoms with E-state index in [1.807, 2.05) is 24.3 Å². The van der Waals surface area contributed by atoms with Crippen molar-refractivity contribution in [2.75, 3.05) is 6.54 Å². The van der Waals surface area contributed by atoms with Gasteiger partial charge in [-0.25, -0.2) is 0 Å². The topological polar surface area (TPSA) is 87.3 Å². The molecule has 0 radical (unpaired) electrons. The predicted molar refractivity (Wildman–Crippen MR) is 102 cm³/mol. The largest absolute Gasteiger partial charge is 0.342 e. The highest BCUT2D eigenvalue weighted by atomic mass is 35.5. The standard InChI is InChI=1S/C18H20ClN3O3S/c19-15-12-8-4-5-9-13(12)26-16(15)18(25)20-10-14(23)21-22-17(24)11-6-2-1-3-7-11/h4-5,8-9,11H,1-3,6-7,10H2,(H,20,25)(H,21,23)(H,22,24). The van der Waals surface area contributed by atoms with E-state index in [1.165, 1.54) is 11.3 Å². The normalized spacial score (nSPS) is 14.8. The van der Waals surface area contributed by atoms with Crippen LogP contribution < -0.4 is 16.2 Å². The number of halogens is 1. The minimum Gasteiger partial charge on any atom is -0.342 e. The van der Waals surface area contributed by atoms with Crippen molar-refractivity contribution in [1.29, 1.82) is 0 Å². The molecule has 1 heterocycles. The van der Waals surface area contributed by atoms with Crippen molar-refractivity contribution in [2.24, 2.45) is 5.92 Å². The zero-order valence-electron chi connectivity index (χ0n) is 14.1. The van der Waals surface area contributed by atoms with Crippen LogP contribution in [-0.2, 0) is 9.59 Å². The quantitative estimate of drug-likeness (QED) is 0.698. The van der Waals surface area contributed by atoms with E-state index in [9.17, 15) is 14.4 Å². The Morgan fingerprint density at radius 1 is 1.08 bits per heavy atom. The Morgan fingerprint density at radius 2 is 1.81 bits per heavy atom. The zero-order valence-corrected chi connectivity index (χ0v) is 15.7. The number of carbonyl (C=O) groups is 3. The van der Waals surface area contributed by atoms with E-state index < -0.39 is 11.8 Å². The Balaban J connectivity index is 1.48. The summed E-state index contributed by atoms with van der Waals surface area (Å²) in [6, 6.07) is 7.46. The third kappa shape index (κ3) is 4.34. The smallest absolute Gasteiger partial charge is 0.263 e. The fourth-order valence-electron chi connectivity index (χ4n) is 3.04. The van der Waals surface area contributed by atoms with Crippen molar-refractivity contribution in [2.45, 2.75) is 32.1 Å². The molecule has 1 aromatic heterocycles. The number of thiophene rings is 1. The lowest BCUT2D eigenvalue weighted by molar-refractivity contribution is -0.131. The Bertz CT molecular complexity index is 830. The Labute approximate surface area is 160 Å². The van der Waals surface area contributed by atoms with E-state index in [0.29, 0.717) is 9.90 Å². The Kier molecular flexibility index (Phi) is 6.11. The average Bonchev–Trinajstić information content (AvgIpc) is 3.02. The number of hydrogen-bond acceptors (Lipinski definition) is 4. The van der Waals surface area contributed by atoms with E-state index in [1.54, 1.807) is 0 Å². The molecule has 0 saturated heterocycles. The molecule has 0 atom stereocenters. The highest BCUT2D eigenvalue weighted by Crippen LogP contribution is 2.34. The van der Waals surface area contributed by atoms with Gasteiger partial charge in [-0.15, -0.1) is 11.3 Å². The fourth-order valence-corrected chi connectivity index (χ4v) is 4.48.